The Hall–Kier alpha value is -0.590. The maximum Gasteiger partial charge on any atom is 0.121 e. The highest BCUT2D eigenvalue weighted by Crippen LogP contribution is 2.34. The zero-order valence-corrected chi connectivity index (χ0v) is 8.50. The van der Waals surface area contributed by atoms with Crippen LogP contribution in [0.5, 0.6) is 0 Å². The molecular formula is C11H17N3. The summed E-state index contributed by atoms with van der Waals surface area (Å²) in [6, 6.07) is 3.97. The first kappa shape index (κ1) is 8.70. The van der Waals surface area contributed by atoms with Crippen LogP contribution in [-0.4, -0.2) is 35.6 Å². The molecule has 0 amide bonds. The van der Waals surface area contributed by atoms with E-state index in [4.69, 9.17) is 0 Å². The maximum atomic E-state index is 9.27. The first-order valence-corrected chi connectivity index (χ1v) is 5.74. The SMILES string of the molecule is N#CC1(NC2CC2)CCN(C2CC2)C1. The van der Waals surface area contributed by atoms with Gasteiger partial charge in [-0.1, -0.05) is 0 Å². The van der Waals surface area contributed by atoms with Gasteiger partial charge in [-0.25, -0.2) is 0 Å². The molecule has 1 N–H and O–H groups in total. The van der Waals surface area contributed by atoms with E-state index in [2.05, 4.69) is 16.3 Å². The summed E-state index contributed by atoms with van der Waals surface area (Å²) in [7, 11) is 0. The minimum Gasteiger partial charge on any atom is -0.297 e. The standard InChI is InChI=1S/C11H17N3/c12-7-11(13-9-1-2-9)5-6-14(8-11)10-3-4-10/h9-10,13H,1-6,8H2. The van der Waals surface area contributed by atoms with E-state index in [1.54, 1.807) is 0 Å². The summed E-state index contributed by atoms with van der Waals surface area (Å²) in [6.07, 6.45) is 6.27. The van der Waals surface area contributed by atoms with E-state index in [1.807, 2.05) is 0 Å². The molecule has 3 rings (SSSR count). The fraction of sp³-hybridized carbons (Fsp3) is 0.909. The van der Waals surface area contributed by atoms with Crippen molar-refractivity contribution in [3.05, 3.63) is 0 Å². The average Bonchev–Trinajstić information content (AvgIpc) is 3.07. The molecule has 1 atom stereocenters. The van der Waals surface area contributed by atoms with E-state index < -0.39 is 0 Å². The quantitative estimate of drug-likeness (QED) is 0.719. The lowest BCUT2D eigenvalue weighted by atomic mass is 10.0. The van der Waals surface area contributed by atoms with E-state index in [0.717, 1.165) is 25.6 Å². The van der Waals surface area contributed by atoms with Crippen molar-refractivity contribution in [2.45, 2.75) is 49.7 Å². The summed E-state index contributed by atoms with van der Waals surface area (Å²) in [4.78, 5) is 2.50. The van der Waals surface area contributed by atoms with Crippen LogP contribution >= 0.6 is 0 Å². The topological polar surface area (TPSA) is 39.1 Å². The zero-order chi connectivity index (χ0) is 9.60. The second-order valence-electron chi connectivity index (χ2n) is 5.06. The third kappa shape index (κ3) is 1.53. The lowest BCUT2D eigenvalue weighted by Crippen LogP contribution is -2.47. The molecule has 1 aliphatic heterocycles. The summed E-state index contributed by atoms with van der Waals surface area (Å²) in [5.74, 6) is 0. The number of hydrogen-bond acceptors (Lipinski definition) is 3. The van der Waals surface area contributed by atoms with Gasteiger partial charge in [-0.05, 0) is 32.1 Å². The molecule has 3 fully saturated rings. The fourth-order valence-electron chi connectivity index (χ4n) is 2.45. The molecule has 1 heterocycles. The van der Waals surface area contributed by atoms with Crippen molar-refractivity contribution in [2.75, 3.05) is 13.1 Å². The van der Waals surface area contributed by atoms with Gasteiger partial charge in [0.05, 0.1) is 6.07 Å². The molecule has 0 aromatic carbocycles. The highest BCUT2D eigenvalue weighted by atomic mass is 15.3. The summed E-state index contributed by atoms with van der Waals surface area (Å²) >= 11 is 0. The molecule has 14 heavy (non-hydrogen) atoms. The number of likely N-dealkylation sites (tertiary alicyclic amines) is 1. The van der Waals surface area contributed by atoms with Crippen LogP contribution in [0.15, 0.2) is 0 Å². The molecule has 2 saturated carbocycles. The number of nitriles is 1. The van der Waals surface area contributed by atoms with E-state index in [1.165, 1.54) is 25.7 Å². The molecule has 1 unspecified atom stereocenters. The minimum atomic E-state index is -0.205. The maximum absolute atomic E-state index is 9.27. The van der Waals surface area contributed by atoms with Crippen LogP contribution in [0.3, 0.4) is 0 Å². The number of nitrogens with zero attached hydrogens (tertiary/aromatic N) is 2. The van der Waals surface area contributed by atoms with Crippen molar-refractivity contribution >= 4 is 0 Å². The Morgan fingerprint density at radius 1 is 1.29 bits per heavy atom. The Morgan fingerprint density at radius 3 is 2.64 bits per heavy atom. The molecular weight excluding hydrogens is 174 g/mol. The Balaban J connectivity index is 1.65. The fourth-order valence-corrected chi connectivity index (χ4v) is 2.45. The van der Waals surface area contributed by atoms with Gasteiger partial charge in [0.2, 0.25) is 0 Å². The third-order valence-electron chi connectivity index (χ3n) is 3.63. The van der Waals surface area contributed by atoms with Gasteiger partial charge in [-0.15, -0.1) is 0 Å². The molecule has 0 spiro atoms. The van der Waals surface area contributed by atoms with Gasteiger partial charge in [0, 0.05) is 25.2 Å². The van der Waals surface area contributed by atoms with Crippen molar-refractivity contribution in [3.8, 4) is 6.07 Å². The second-order valence-corrected chi connectivity index (χ2v) is 5.06. The molecule has 0 radical (unpaired) electrons. The minimum absolute atomic E-state index is 0.205. The van der Waals surface area contributed by atoms with Gasteiger partial charge >= 0.3 is 0 Å². The molecule has 3 aliphatic rings. The third-order valence-corrected chi connectivity index (χ3v) is 3.63. The Kier molecular flexibility index (Phi) is 1.83. The number of hydrogen-bond donors (Lipinski definition) is 1. The highest BCUT2D eigenvalue weighted by molar-refractivity contribution is 5.16. The Labute approximate surface area is 85.1 Å². The van der Waals surface area contributed by atoms with E-state index in [9.17, 15) is 5.26 Å². The molecule has 3 heteroatoms. The van der Waals surface area contributed by atoms with Gasteiger partial charge in [0.25, 0.3) is 0 Å². The van der Waals surface area contributed by atoms with Crippen LogP contribution in [0.25, 0.3) is 0 Å². The first-order valence-electron chi connectivity index (χ1n) is 5.74. The predicted molar refractivity (Wildman–Crippen MR) is 53.7 cm³/mol. The highest BCUT2D eigenvalue weighted by Gasteiger charge is 2.45. The van der Waals surface area contributed by atoms with Crippen LogP contribution in [-0.2, 0) is 0 Å². The monoisotopic (exact) mass is 191 g/mol. The van der Waals surface area contributed by atoms with Gasteiger partial charge in [-0.2, -0.15) is 5.26 Å². The van der Waals surface area contributed by atoms with E-state index in [-0.39, 0.29) is 5.54 Å². The summed E-state index contributed by atoms with van der Waals surface area (Å²) in [5, 5.41) is 12.8. The van der Waals surface area contributed by atoms with Crippen molar-refractivity contribution in [1.82, 2.24) is 10.2 Å². The van der Waals surface area contributed by atoms with E-state index >= 15 is 0 Å². The lowest BCUT2D eigenvalue weighted by Gasteiger charge is -2.23. The van der Waals surface area contributed by atoms with Crippen molar-refractivity contribution in [1.29, 1.82) is 5.26 Å². The smallest absolute Gasteiger partial charge is 0.121 e. The van der Waals surface area contributed by atoms with Crippen molar-refractivity contribution in [2.24, 2.45) is 0 Å². The van der Waals surface area contributed by atoms with Crippen molar-refractivity contribution in [3.63, 3.8) is 0 Å². The Bertz CT molecular complexity index is 275. The molecule has 0 bridgehead atoms. The molecule has 0 aromatic rings. The largest absolute Gasteiger partial charge is 0.297 e. The van der Waals surface area contributed by atoms with E-state index in [0.29, 0.717) is 6.04 Å². The van der Waals surface area contributed by atoms with Crippen molar-refractivity contribution < 1.29 is 0 Å². The average molecular weight is 191 g/mol. The molecule has 0 aromatic heterocycles. The Morgan fingerprint density at radius 2 is 2.07 bits per heavy atom. The first-order chi connectivity index (χ1) is 6.81. The summed E-state index contributed by atoms with van der Waals surface area (Å²) in [5.41, 5.74) is -0.205. The van der Waals surface area contributed by atoms with Gasteiger partial charge < -0.3 is 0 Å². The van der Waals surface area contributed by atoms with Gasteiger partial charge in [0.1, 0.15) is 5.54 Å². The molecule has 3 nitrogen and oxygen atoms in total. The van der Waals surface area contributed by atoms with Crippen LogP contribution < -0.4 is 5.32 Å². The van der Waals surface area contributed by atoms with Crippen LogP contribution in [0, 0.1) is 11.3 Å². The van der Waals surface area contributed by atoms with Crippen LogP contribution in [0.4, 0.5) is 0 Å². The zero-order valence-electron chi connectivity index (χ0n) is 8.50. The number of rotatable bonds is 3. The lowest BCUT2D eigenvalue weighted by molar-refractivity contribution is 0.300. The van der Waals surface area contributed by atoms with Gasteiger partial charge in [-0.3, -0.25) is 10.2 Å². The molecule has 2 aliphatic carbocycles. The van der Waals surface area contributed by atoms with Crippen LogP contribution in [0.1, 0.15) is 32.1 Å². The summed E-state index contributed by atoms with van der Waals surface area (Å²) < 4.78 is 0. The predicted octanol–water partition coefficient (Wildman–Crippen LogP) is 0.869. The van der Waals surface area contributed by atoms with Crippen LogP contribution in [0.2, 0.25) is 0 Å². The summed E-state index contributed by atoms with van der Waals surface area (Å²) in [6.45, 7) is 2.09. The molecule has 76 valence electrons. The molecule has 1 saturated heterocycles. The van der Waals surface area contributed by atoms with Gasteiger partial charge in [0.15, 0.2) is 0 Å². The number of nitrogens with one attached hydrogen (secondary N) is 1. The normalized spacial score (nSPS) is 38.5. The second kappa shape index (κ2) is 2.95.